The molecular formula is C30H23F17O7S. The van der Waals surface area contributed by atoms with Crippen molar-refractivity contribution in [2.45, 2.75) is 83.9 Å². The minimum atomic E-state index is -8.78. The van der Waals surface area contributed by atoms with Gasteiger partial charge in [-0.2, -0.15) is 74.6 Å². The molecule has 0 bridgehead atoms. The minimum Gasteiger partial charge on any atom is -0.459 e. The van der Waals surface area contributed by atoms with Gasteiger partial charge in [-0.25, -0.2) is 9.59 Å². The van der Waals surface area contributed by atoms with Gasteiger partial charge in [-0.05, 0) is 24.3 Å². The fraction of sp³-hybridized carbons (Fsp3) is 0.533. The normalized spacial score (nSPS) is 22.3. The molecule has 0 aliphatic carbocycles. The second-order valence-corrected chi connectivity index (χ2v) is 12.7. The predicted molar refractivity (Wildman–Crippen MR) is 151 cm³/mol. The SMILES string of the molecule is O=C(OC[C@H]1O[C@@H](SCCC(F)(F)C(F)(F)C(F)(F)C(F)(F)C(F)(F)C(F)(F)C(F)(F)C(F)(F)F)[C@H](OC(=O)c2ccccc2)[C@@H](O)[C@H]1O)c1ccccc1. The molecule has 5 atom stereocenters. The Balaban J connectivity index is 1.88. The average Bonchev–Trinajstić information content (AvgIpc) is 3.10. The van der Waals surface area contributed by atoms with E-state index in [1.807, 2.05) is 0 Å². The smallest absolute Gasteiger partial charge is 0.459 e. The largest absolute Gasteiger partial charge is 0.460 e. The van der Waals surface area contributed by atoms with Crippen LogP contribution in [0, 0.1) is 0 Å². The molecule has 25 heteroatoms. The van der Waals surface area contributed by atoms with Crippen LogP contribution in [0.2, 0.25) is 0 Å². The number of benzene rings is 2. The maximum atomic E-state index is 14.6. The van der Waals surface area contributed by atoms with Gasteiger partial charge in [0.25, 0.3) is 0 Å². The van der Waals surface area contributed by atoms with Crippen LogP contribution in [0.1, 0.15) is 27.1 Å². The van der Waals surface area contributed by atoms with Crippen LogP contribution in [-0.2, 0) is 14.2 Å². The highest BCUT2D eigenvalue weighted by molar-refractivity contribution is 7.99. The molecule has 3 rings (SSSR count). The number of esters is 2. The van der Waals surface area contributed by atoms with E-state index in [2.05, 4.69) is 0 Å². The number of thioether (sulfide) groups is 1. The summed E-state index contributed by atoms with van der Waals surface area (Å²) in [4.78, 5) is 25.0. The molecule has 0 radical (unpaired) electrons. The number of alkyl halides is 17. The van der Waals surface area contributed by atoms with Crippen molar-refractivity contribution in [1.82, 2.24) is 0 Å². The molecule has 0 aromatic heterocycles. The van der Waals surface area contributed by atoms with Crippen molar-refractivity contribution < 1.29 is 109 Å². The molecule has 1 fully saturated rings. The van der Waals surface area contributed by atoms with E-state index in [1.165, 1.54) is 48.5 Å². The van der Waals surface area contributed by atoms with Crippen LogP contribution in [0.5, 0.6) is 0 Å². The molecule has 310 valence electrons. The van der Waals surface area contributed by atoms with Crippen LogP contribution in [0.25, 0.3) is 0 Å². The highest BCUT2D eigenvalue weighted by Gasteiger charge is 2.95. The van der Waals surface area contributed by atoms with E-state index in [9.17, 15) is 94.4 Å². The number of halogens is 17. The van der Waals surface area contributed by atoms with E-state index >= 15 is 0 Å². The van der Waals surface area contributed by atoms with Gasteiger partial charge in [0.1, 0.15) is 30.4 Å². The van der Waals surface area contributed by atoms with Crippen LogP contribution in [0.4, 0.5) is 74.6 Å². The maximum Gasteiger partial charge on any atom is 0.460 e. The van der Waals surface area contributed by atoms with Gasteiger partial charge in [-0.15, -0.1) is 11.8 Å². The van der Waals surface area contributed by atoms with E-state index in [4.69, 9.17) is 14.2 Å². The van der Waals surface area contributed by atoms with Crippen LogP contribution in [0.3, 0.4) is 0 Å². The van der Waals surface area contributed by atoms with Crippen LogP contribution in [0.15, 0.2) is 60.7 Å². The fourth-order valence-corrected chi connectivity index (χ4v) is 5.77. The van der Waals surface area contributed by atoms with Gasteiger partial charge in [-0.1, -0.05) is 36.4 Å². The molecule has 0 saturated carbocycles. The number of aliphatic hydroxyl groups is 2. The number of carbonyl (C=O) groups excluding carboxylic acids is 2. The zero-order valence-electron chi connectivity index (χ0n) is 26.6. The van der Waals surface area contributed by atoms with Gasteiger partial charge in [0.15, 0.2) is 6.10 Å². The third kappa shape index (κ3) is 8.29. The zero-order chi connectivity index (χ0) is 42.2. The zero-order valence-corrected chi connectivity index (χ0v) is 27.4. The van der Waals surface area contributed by atoms with Crippen molar-refractivity contribution in [2.75, 3.05) is 12.4 Å². The highest BCUT2D eigenvalue weighted by Crippen LogP contribution is 2.64. The summed E-state index contributed by atoms with van der Waals surface area (Å²) in [6, 6.07) is 13.1. The number of hydrogen-bond acceptors (Lipinski definition) is 8. The molecule has 2 aromatic rings. The highest BCUT2D eigenvalue weighted by atomic mass is 32.2. The molecule has 55 heavy (non-hydrogen) atoms. The van der Waals surface area contributed by atoms with E-state index in [0.29, 0.717) is 0 Å². The molecule has 1 saturated heterocycles. The van der Waals surface area contributed by atoms with Crippen LogP contribution in [-0.4, -0.2) is 112 Å². The summed E-state index contributed by atoms with van der Waals surface area (Å²) >= 11 is -0.289. The Morgan fingerprint density at radius 3 is 1.47 bits per heavy atom. The molecule has 0 unspecified atom stereocenters. The molecule has 7 nitrogen and oxygen atoms in total. The first kappa shape index (κ1) is 45.8. The fourth-order valence-electron chi connectivity index (χ4n) is 4.54. The Bertz CT molecular complexity index is 1630. The van der Waals surface area contributed by atoms with Gasteiger partial charge in [-0.3, -0.25) is 0 Å². The Morgan fingerprint density at radius 1 is 0.600 bits per heavy atom. The Kier molecular flexibility index (Phi) is 13.1. The second kappa shape index (κ2) is 15.8. The summed E-state index contributed by atoms with van der Waals surface area (Å²) < 4.78 is 248. The Labute approximate surface area is 300 Å². The van der Waals surface area contributed by atoms with Gasteiger partial charge >= 0.3 is 59.6 Å². The molecule has 1 aliphatic heterocycles. The number of hydrogen-bond donors (Lipinski definition) is 2. The van der Waals surface area contributed by atoms with Gasteiger partial charge in [0.2, 0.25) is 0 Å². The molecular weight excluding hydrogens is 827 g/mol. The average molecular weight is 851 g/mol. The van der Waals surface area contributed by atoms with Crippen LogP contribution >= 0.6 is 11.8 Å². The number of aliphatic hydroxyl groups excluding tert-OH is 2. The maximum absolute atomic E-state index is 14.6. The van der Waals surface area contributed by atoms with Crippen molar-refractivity contribution >= 4 is 23.7 Å². The monoisotopic (exact) mass is 850 g/mol. The third-order valence-electron chi connectivity index (χ3n) is 7.77. The van der Waals surface area contributed by atoms with Crippen LogP contribution < -0.4 is 0 Å². The van der Waals surface area contributed by atoms with E-state index in [0.717, 1.165) is 12.1 Å². The number of carbonyl (C=O) groups is 2. The quantitative estimate of drug-likeness (QED) is 0.139. The lowest BCUT2D eigenvalue weighted by Gasteiger charge is -2.43. The van der Waals surface area contributed by atoms with Crippen molar-refractivity contribution in [3.8, 4) is 0 Å². The first-order valence-electron chi connectivity index (χ1n) is 14.7. The van der Waals surface area contributed by atoms with E-state index in [-0.39, 0.29) is 22.9 Å². The van der Waals surface area contributed by atoms with Crippen molar-refractivity contribution in [2.24, 2.45) is 0 Å². The first-order chi connectivity index (χ1) is 24.9. The molecule has 0 amide bonds. The lowest BCUT2D eigenvalue weighted by molar-refractivity contribution is -0.461. The standard InChI is InChI=1S/C30H23F17O7S/c31-23(32,24(33,34)25(35,36)26(37,38)27(39,40)28(41,42)29(43,44)30(45,46)47)11-12-55-22-19(54-21(51)15-9-5-2-6-10-15)18(49)17(48)16(53-22)13-52-20(50)14-7-3-1-4-8-14/h1-10,16-19,22,48-49H,11-13H2/t16-,17+,18+,19-,22+/m1/s1. The molecule has 1 aliphatic rings. The number of rotatable bonds is 15. The summed E-state index contributed by atoms with van der Waals surface area (Å²) in [5, 5.41) is 21.3. The summed E-state index contributed by atoms with van der Waals surface area (Å²) in [5.41, 5.74) is -2.49. The summed E-state index contributed by atoms with van der Waals surface area (Å²) in [7, 11) is 0. The summed E-state index contributed by atoms with van der Waals surface area (Å²) in [6.07, 6.45) is -19.3. The van der Waals surface area contributed by atoms with E-state index < -0.39 is 108 Å². The van der Waals surface area contributed by atoms with Crippen molar-refractivity contribution in [1.29, 1.82) is 0 Å². The molecule has 1 heterocycles. The van der Waals surface area contributed by atoms with Gasteiger partial charge in [0, 0.05) is 12.2 Å². The van der Waals surface area contributed by atoms with E-state index in [1.54, 1.807) is 0 Å². The predicted octanol–water partition coefficient (Wildman–Crippen LogP) is 7.65. The lowest BCUT2D eigenvalue weighted by Crippen LogP contribution is -2.74. The minimum absolute atomic E-state index is 0.0741. The molecule has 2 aromatic carbocycles. The topological polar surface area (TPSA) is 102 Å². The molecule has 2 N–H and O–H groups in total. The van der Waals surface area contributed by atoms with Crippen molar-refractivity contribution in [3.05, 3.63) is 71.8 Å². The van der Waals surface area contributed by atoms with Crippen molar-refractivity contribution in [3.63, 3.8) is 0 Å². The Morgan fingerprint density at radius 2 is 1.02 bits per heavy atom. The summed E-state index contributed by atoms with van der Waals surface area (Å²) in [5.74, 6) is -61.8. The number of ether oxygens (including phenoxy) is 3. The Hall–Kier alpha value is -3.58. The first-order valence-corrected chi connectivity index (χ1v) is 15.8. The third-order valence-corrected chi connectivity index (χ3v) is 8.92. The molecule has 0 spiro atoms. The van der Waals surface area contributed by atoms with Gasteiger partial charge < -0.3 is 24.4 Å². The summed E-state index contributed by atoms with van der Waals surface area (Å²) in [6.45, 7) is -0.982. The lowest BCUT2D eigenvalue weighted by atomic mass is 9.88. The second-order valence-electron chi connectivity index (χ2n) is 11.5. The van der Waals surface area contributed by atoms with Gasteiger partial charge in [0.05, 0.1) is 11.1 Å².